The van der Waals surface area contributed by atoms with Crippen LogP contribution in [0.4, 0.5) is 5.69 Å². The number of piperazine rings is 1. The van der Waals surface area contributed by atoms with Gasteiger partial charge in [-0.05, 0) is 30.0 Å². The first-order valence-electron chi connectivity index (χ1n) is 9.45. The summed E-state index contributed by atoms with van der Waals surface area (Å²) >= 11 is 0. The molecule has 1 aliphatic rings. The lowest BCUT2D eigenvalue weighted by molar-refractivity contribution is -0.117. The van der Waals surface area contributed by atoms with Crippen molar-refractivity contribution in [1.29, 1.82) is 0 Å². The van der Waals surface area contributed by atoms with Crippen LogP contribution in [0.1, 0.15) is 16.1 Å². The minimum Gasteiger partial charge on any atom is -0.459 e. The van der Waals surface area contributed by atoms with Gasteiger partial charge < -0.3 is 14.6 Å². The molecular weight excluding hydrogens is 354 g/mol. The molecule has 2 amide bonds. The minimum absolute atomic E-state index is 0.0368. The van der Waals surface area contributed by atoms with Crippen molar-refractivity contribution in [3.05, 3.63) is 66.1 Å². The van der Waals surface area contributed by atoms with E-state index in [-0.39, 0.29) is 11.8 Å². The van der Waals surface area contributed by atoms with Crippen molar-refractivity contribution in [2.75, 3.05) is 38.0 Å². The fourth-order valence-electron chi connectivity index (χ4n) is 3.59. The normalized spacial score (nSPS) is 15.0. The first kappa shape index (κ1) is 18.3. The average Bonchev–Trinajstić information content (AvgIpc) is 3.25. The van der Waals surface area contributed by atoms with Crippen LogP contribution in [0, 0.1) is 6.92 Å². The van der Waals surface area contributed by atoms with Crippen molar-refractivity contribution in [3.63, 3.8) is 0 Å². The van der Waals surface area contributed by atoms with Gasteiger partial charge >= 0.3 is 0 Å². The van der Waals surface area contributed by atoms with E-state index in [2.05, 4.69) is 16.3 Å². The summed E-state index contributed by atoms with van der Waals surface area (Å²) in [5, 5.41) is 5.23. The molecule has 0 bridgehead atoms. The molecule has 3 aromatic rings. The number of nitrogens with zero attached hydrogens (tertiary/aromatic N) is 2. The maximum absolute atomic E-state index is 12.6. The molecule has 6 nitrogen and oxygen atoms in total. The van der Waals surface area contributed by atoms with Gasteiger partial charge in [-0.25, -0.2) is 0 Å². The molecule has 1 fully saturated rings. The molecule has 0 radical (unpaired) electrons. The van der Waals surface area contributed by atoms with Gasteiger partial charge in [0, 0.05) is 31.6 Å². The standard InChI is InChI=1S/C22H23N3O3/c1-16-8-9-17-5-2-3-6-18(17)21(16)23-20(26)15-24-10-12-25(13-11-24)22(27)19-7-4-14-28-19/h2-9,14H,10-13,15H2,1H3,(H,23,26). The molecular formula is C22H23N3O3. The molecule has 1 aromatic heterocycles. The Hall–Kier alpha value is -3.12. The summed E-state index contributed by atoms with van der Waals surface area (Å²) < 4.78 is 5.18. The molecule has 2 heterocycles. The number of furan rings is 1. The smallest absolute Gasteiger partial charge is 0.289 e. The maximum atomic E-state index is 12.6. The van der Waals surface area contributed by atoms with Crippen molar-refractivity contribution < 1.29 is 14.0 Å². The first-order chi connectivity index (χ1) is 13.6. The number of fused-ring (bicyclic) bond motifs is 1. The lowest BCUT2D eigenvalue weighted by Gasteiger charge is -2.33. The highest BCUT2D eigenvalue weighted by Gasteiger charge is 2.24. The van der Waals surface area contributed by atoms with Gasteiger partial charge in [-0.2, -0.15) is 0 Å². The zero-order valence-electron chi connectivity index (χ0n) is 15.9. The number of nitrogens with one attached hydrogen (secondary N) is 1. The Labute approximate surface area is 163 Å². The molecule has 4 rings (SSSR count). The largest absolute Gasteiger partial charge is 0.459 e. The van der Waals surface area contributed by atoms with Crippen LogP contribution in [0.15, 0.2) is 59.2 Å². The molecule has 0 spiro atoms. The number of rotatable bonds is 4. The molecule has 6 heteroatoms. The van der Waals surface area contributed by atoms with E-state index < -0.39 is 0 Å². The number of aryl methyl sites for hydroxylation is 1. The predicted octanol–water partition coefficient (Wildman–Crippen LogP) is 3.14. The Bertz CT molecular complexity index is 989. The highest BCUT2D eigenvalue weighted by atomic mass is 16.3. The topological polar surface area (TPSA) is 65.8 Å². The summed E-state index contributed by atoms with van der Waals surface area (Å²) in [6.07, 6.45) is 1.50. The maximum Gasteiger partial charge on any atom is 0.289 e. The fourth-order valence-corrected chi connectivity index (χ4v) is 3.59. The number of hydrogen-bond acceptors (Lipinski definition) is 4. The number of hydrogen-bond donors (Lipinski definition) is 1. The summed E-state index contributed by atoms with van der Waals surface area (Å²) in [6.45, 7) is 4.80. The summed E-state index contributed by atoms with van der Waals surface area (Å²) in [5.41, 5.74) is 1.91. The second-order valence-corrected chi connectivity index (χ2v) is 7.07. The summed E-state index contributed by atoms with van der Waals surface area (Å²) in [7, 11) is 0. The van der Waals surface area contributed by atoms with Gasteiger partial charge in [-0.3, -0.25) is 14.5 Å². The van der Waals surface area contributed by atoms with Crippen molar-refractivity contribution in [2.24, 2.45) is 0 Å². The summed E-state index contributed by atoms with van der Waals surface area (Å²) in [5.74, 6) is 0.225. The summed E-state index contributed by atoms with van der Waals surface area (Å²) in [6, 6.07) is 15.5. The highest BCUT2D eigenvalue weighted by molar-refractivity contribution is 6.04. The summed E-state index contributed by atoms with van der Waals surface area (Å²) in [4.78, 5) is 28.8. The van der Waals surface area contributed by atoms with Crippen LogP contribution in [0.2, 0.25) is 0 Å². The molecule has 0 unspecified atom stereocenters. The molecule has 1 N–H and O–H groups in total. The number of amides is 2. The molecule has 0 aliphatic carbocycles. The van der Waals surface area contributed by atoms with E-state index in [0.717, 1.165) is 22.0 Å². The van der Waals surface area contributed by atoms with Gasteiger partial charge in [0.1, 0.15) is 0 Å². The highest BCUT2D eigenvalue weighted by Crippen LogP contribution is 2.27. The monoisotopic (exact) mass is 377 g/mol. The van der Waals surface area contributed by atoms with Gasteiger partial charge in [0.05, 0.1) is 18.5 Å². The van der Waals surface area contributed by atoms with Crippen LogP contribution in [0.3, 0.4) is 0 Å². The van der Waals surface area contributed by atoms with Crippen LogP contribution in [-0.2, 0) is 4.79 Å². The van der Waals surface area contributed by atoms with E-state index in [1.807, 2.05) is 37.3 Å². The van der Waals surface area contributed by atoms with Crippen LogP contribution < -0.4 is 5.32 Å². The molecule has 144 valence electrons. The van der Waals surface area contributed by atoms with Crippen molar-refractivity contribution in [1.82, 2.24) is 9.80 Å². The number of benzene rings is 2. The second kappa shape index (κ2) is 7.86. The molecule has 0 saturated carbocycles. The van der Waals surface area contributed by atoms with Gasteiger partial charge in [-0.15, -0.1) is 0 Å². The van der Waals surface area contributed by atoms with Gasteiger partial charge in [0.25, 0.3) is 5.91 Å². The second-order valence-electron chi connectivity index (χ2n) is 7.07. The van der Waals surface area contributed by atoms with E-state index in [9.17, 15) is 9.59 Å². The Morgan fingerprint density at radius 1 is 1.00 bits per heavy atom. The Morgan fingerprint density at radius 3 is 2.54 bits per heavy atom. The molecule has 0 atom stereocenters. The SMILES string of the molecule is Cc1ccc2ccccc2c1NC(=O)CN1CCN(C(=O)c2ccco2)CC1. The van der Waals surface area contributed by atoms with Crippen LogP contribution in [-0.4, -0.2) is 54.3 Å². The van der Waals surface area contributed by atoms with Crippen LogP contribution in [0.5, 0.6) is 0 Å². The third-order valence-electron chi connectivity index (χ3n) is 5.16. The number of carbonyl (C=O) groups excluding carboxylic acids is 2. The van der Waals surface area contributed by atoms with E-state index in [4.69, 9.17) is 4.42 Å². The fraction of sp³-hybridized carbons (Fsp3) is 0.273. The van der Waals surface area contributed by atoms with Crippen molar-refractivity contribution in [3.8, 4) is 0 Å². The number of anilines is 1. The zero-order chi connectivity index (χ0) is 19.5. The van der Waals surface area contributed by atoms with Crippen LogP contribution in [0.25, 0.3) is 10.8 Å². The van der Waals surface area contributed by atoms with Crippen molar-refractivity contribution >= 4 is 28.3 Å². The van der Waals surface area contributed by atoms with Gasteiger partial charge in [-0.1, -0.05) is 36.4 Å². The zero-order valence-corrected chi connectivity index (χ0v) is 15.9. The third kappa shape index (κ3) is 3.77. The Kier molecular flexibility index (Phi) is 5.12. The van der Waals surface area contributed by atoms with Crippen LogP contribution >= 0.6 is 0 Å². The van der Waals surface area contributed by atoms with E-state index in [1.165, 1.54) is 6.26 Å². The van der Waals surface area contributed by atoms with E-state index in [1.54, 1.807) is 17.0 Å². The quantitative estimate of drug-likeness (QED) is 0.759. The Balaban J connectivity index is 1.36. The van der Waals surface area contributed by atoms with E-state index >= 15 is 0 Å². The van der Waals surface area contributed by atoms with E-state index in [0.29, 0.717) is 38.5 Å². The minimum atomic E-state index is -0.0968. The molecule has 2 aromatic carbocycles. The molecule has 1 saturated heterocycles. The first-order valence-corrected chi connectivity index (χ1v) is 9.45. The third-order valence-corrected chi connectivity index (χ3v) is 5.16. The molecule has 1 aliphatic heterocycles. The lowest BCUT2D eigenvalue weighted by atomic mass is 10.0. The van der Waals surface area contributed by atoms with Gasteiger partial charge in [0.2, 0.25) is 5.91 Å². The number of carbonyl (C=O) groups is 2. The van der Waals surface area contributed by atoms with Crippen molar-refractivity contribution in [2.45, 2.75) is 6.92 Å². The van der Waals surface area contributed by atoms with Gasteiger partial charge in [0.15, 0.2) is 5.76 Å². The Morgan fingerprint density at radius 2 is 1.79 bits per heavy atom. The molecule has 28 heavy (non-hydrogen) atoms. The predicted molar refractivity (Wildman–Crippen MR) is 108 cm³/mol. The lowest BCUT2D eigenvalue weighted by Crippen LogP contribution is -2.50. The average molecular weight is 377 g/mol.